The Kier molecular flexibility index (Phi) is 5.22. The van der Waals surface area contributed by atoms with Crippen LogP contribution in [0.1, 0.15) is 10.5 Å². The number of rotatable bonds is 7. The third-order valence-electron chi connectivity index (χ3n) is 6.79. The number of alkyl halides is 3. The standard InChI is InChI=1S/C23H24F4N8O2/c1-36-22-21-20(12-2-3-17-18(6-12)34(32-30-17)9-19(26)27)15(25)8-35(21)31-23(29-22)28-16-4-5-33(7-14(16)24)13-10-37-11-13/h2-3,6,8,13-14,16,19H,4-5,7,9-11H2,1H3,(H,28,31)/t14-,16-/m0/s1/i1D3. The number of halogens is 4. The maximum absolute atomic E-state index is 15.4. The van der Waals surface area contributed by atoms with Crippen LogP contribution >= 0.6 is 0 Å². The van der Waals surface area contributed by atoms with E-state index in [1.807, 2.05) is 4.90 Å². The summed E-state index contributed by atoms with van der Waals surface area (Å²) < 4.78 is 91.7. The van der Waals surface area contributed by atoms with Crippen molar-refractivity contribution in [1.82, 2.24) is 34.5 Å². The Balaban J connectivity index is 1.37. The minimum atomic E-state index is -2.95. The van der Waals surface area contributed by atoms with E-state index in [0.717, 1.165) is 15.4 Å². The molecule has 6 rings (SSSR count). The molecule has 0 bridgehead atoms. The predicted molar refractivity (Wildman–Crippen MR) is 125 cm³/mol. The van der Waals surface area contributed by atoms with Gasteiger partial charge in [0, 0.05) is 13.1 Å². The number of ether oxygens (including phenoxy) is 2. The number of anilines is 1. The zero-order valence-corrected chi connectivity index (χ0v) is 19.3. The van der Waals surface area contributed by atoms with Gasteiger partial charge in [-0.1, -0.05) is 11.3 Å². The van der Waals surface area contributed by atoms with Crippen molar-refractivity contribution in [3.63, 3.8) is 0 Å². The highest BCUT2D eigenvalue weighted by Crippen LogP contribution is 2.35. The lowest BCUT2D eigenvalue weighted by Gasteiger charge is -2.42. The molecule has 3 aromatic heterocycles. The Morgan fingerprint density at radius 3 is 2.92 bits per heavy atom. The van der Waals surface area contributed by atoms with E-state index in [4.69, 9.17) is 13.6 Å². The summed E-state index contributed by atoms with van der Waals surface area (Å²) in [5, 5.41) is 14.7. The van der Waals surface area contributed by atoms with Crippen molar-refractivity contribution >= 4 is 22.5 Å². The van der Waals surface area contributed by atoms with E-state index in [2.05, 4.69) is 25.7 Å². The molecule has 0 amide bonds. The van der Waals surface area contributed by atoms with Crippen molar-refractivity contribution in [2.24, 2.45) is 0 Å². The van der Waals surface area contributed by atoms with Gasteiger partial charge in [-0.25, -0.2) is 26.8 Å². The first-order valence-corrected chi connectivity index (χ1v) is 11.7. The van der Waals surface area contributed by atoms with Gasteiger partial charge in [0.1, 0.15) is 23.7 Å². The molecule has 1 aromatic carbocycles. The van der Waals surface area contributed by atoms with Gasteiger partial charge >= 0.3 is 0 Å². The number of hydrogen-bond acceptors (Lipinski definition) is 8. The lowest BCUT2D eigenvalue weighted by molar-refractivity contribution is -0.0794. The Morgan fingerprint density at radius 1 is 1.32 bits per heavy atom. The second-order valence-corrected chi connectivity index (χ2v) is 9.10. The zero-order chi connectivity index (χ0) is 28.2. The maximum atomic E-state index is 15.4. The first-order valence-electron chi connectivity index (χ1n) is 13.2. The summed E-state index contributed by atoms with van der Waals surface area (Å²) in [6.07, 6.45) is -2.52. The van der Waals surface area contributed by atoms with Crippen LogP contribution in [0.15, 0.2) is 24.4 Å². The molecular formula is C23H24F4N8O2. The highest BCUT2D eigenvalue weighted by molar-refractivity contribution is 5.89. The SMILES string of the molecule is [2H]C([2H])([2H])Oc1nc(N[C@H]2CCN(C3COC3)C[C@@H]2F)nn2cc(F)c(-c3ccc4nnn(CC(F)F)c4c3)c12. The minimum absolute atomic E-state index is 0.108. The average Bonchev–Trinajstić information content (AvgIpc) is 3.38. The number of benzene rings is 1. The molecule has 0 spiro atoms. The lowest BCUT2D eigenvalue weighted by atomic mass is 10.0. The van der Waals surface area contributed by atoms with Gasteiger partial charge in [0.25, 0.3) is 6.43 Å². The maximum Gasteiger partial charge on any atom is 0.258 e. The number of nitrogens with one attached hydrogen (secondary N) is 1. The largest absolute Gasteiger partial charge is 0.479 e. The molecule has 37 heavy (non-hydrogen) atoms. The number of nitrogens with zero attached hydrogens (tertiary/aromatic N) is 7. The first-order chi connectivity index (χ1) is 19.1. The van der Waals surface area contributed by atoms with Crippen LogP contribution in [0.2, 0.25) is 0 Å². The van der Waals surface area contributed by atoms with Crippen LogP contribution < -0.4 is 10.1 Å². The van der Waals surface area contributed by atoms with E-state index in [1.54, 1.807) is 0 Å². The van der Waals surface area contributed by atoms with Gasteiger partial charge < -0.3 is 14.8 Å². The summed E-state index contributed by atoms with van der Waals surface area (Å²) in [4.78, 5) is 6.20. The summed E-state index contributed by atoms with van der Waals surface area (Å²) in [6, 6.07) is 3.90. The Morgan fingerprint density at radius 2 is 2.19 bits per heavy atom. The van der Waals surface area contributed by atoms with E-state index >= 15 is 8.78 Å². The molecule has 2 saturated heterocycles. The second kappa shape index (κ2) is 9.41. The molecule has 4 aromatic rings. The molecule has 0 saturated carbocycles. The molecule has 10 nitrogen and oxygen atoms in total. The Labute approximate surface area is 212 Å². The fourth-order valence-corrected chi connectivity index (χ4v) is 4.84. The van der Waals surface area contributed by atoms with E-state index in [0.29, 0.717) is 31.7 Å². The lowest BCUT2D eigenvalue weighted by Crippen LogP contribution is -2.57. The minimum Gasteiger partial charge on any atom is -0.479 e. The number of likely N-dealkylation sites (tertiary alicyclic amines) is 1. The van der Waals surface area contributed by atoms with Crippen LogP contribution in [0.4, 0.5) is 23.5 Å². The quantitative estimate of drug-likeness (QED) is 0.370. The monoisotopic (exact) mass is 523 g/mol. The molecule has 2 fully saturated rings. The number of hydrogen-bond donors (Lipinski definition) is 1. The molecule has 2 aliphatic heterocycles. The van der Waals surface area contributed by atoms with Crippen LogP contribution in [-0.2, 0) is 11.3 Å². The van der Waals surface area contributed by atoms with Crippen LogP contribution in [0.5, 0.6) is 5.88 Å². The summed E-state index contributed by atoms with van der Waals surface area (Å²) in [6.45, 7) is 1.23. The van der Waals surface area contributed by atoms with E-state index in [1.165, 1.54) is 18.2 Å². The number of methoxy groups -OCH3 is 1. The van der Waals surface area contributed by atoms with Crippen molar-refractivity contribution in [3.8, 4) is 17.0 Å². The first kappa shape index (κ1) is 20.5. The molecule has 5 heterocycles. The summed E-state index contributed by atoms with van der Waals surface area (Å²) in [7, 11) is -2.95. The Hall–Kier alpha value is -3.52. The molecule has 0 radical (unpaired) electrons. The van der Waals surface area contributed by atoms with Gasteiger partial charge in [-0.15, -0.1) is 10.2 Å². The topological polar surface area (TPSA) is 94.6 Å². The molecule has 1 N–H and O–H groups in total. The van der Waals surface area contributed by atoms with E-state index in [-0.39, 0.29) is 40.7 Å². The molecular weight excluding hydrogens is 496 g/mol. The van der Waals surface area contributed by atoms with Gasteiger partial charge in [0.2, 0.25) is 11.8 Å². The average molecular weight is 524 g/mol. The summed E-state index contributed by atoms with van der Waals surface area (Å²) >= 11 is 0. The molecule has 196 valence electrons. The molecule has 0 unspecified atom stereocenters. The third-order valence-corrected chi connectivity index (χ3v) is 6.79. The van der Waals surface area contributed by atoms with Crippen LogP contribution in [0.3, 0.4) is 0 Å². The van der Waals surface area contributed by atoms with Gasteiger partial charge in [0.15, 0.2) is 5.82 Å². The van der Waals surface area contributed by atoms with Gasteiger partial charge in [0.05, 0.1) is 53.7 Å². The molecule has 2 aliphatic rings. The summed E-state index contributed by atoms with van der Waals surface area (Å²) in [5.41, 5.74) is 0.524. The normalized spacial score (nSPS) is 22.7. The van der Waals surface area contributed by atoms with Crippen molar-refractivity contribution < 1.29 is 31.1 Å². The fourth-order valence-electron chi connectivity index (χ4n) is 4.84. The second-order valence-electron chi connectivity index (χ2n) is 9.10. The summed E-state index contributed by atoms with van der Waals surface area (Å²) in [5.74, 6) is -1.40. The van der Waals surface area contributed by atoms with Gasteiger partial charge in [-0.3, -0.25) is 4.90 Å². The van der Waals surface area contributed by atoms with E-state index < -0.39 is 43.9 Å². The molecule has 14 heteroatoms. The van der Waals surface area contributed by atoms with Gasteiger partial charge in [-0.2, -0.15) is 4.98 Å². The van der Waals surface area contributed by atoms with E-state index in [9.17, 15) is 8.78 Å². The van der Waals surface area contributed by atoms with Crippen molar-refractivity contribution in [2.75, 3.05) is 38.7 Å². The highest BCUT2D eigenvalue weighted by atomic mass is 19.3. The van der Waals surface area contributed by atoms with Crippen LogP contribution in [0.25, 0.3) is 27.7 Å². The van der Waals surface area contributed by atoms with Crippen LogP contribution in [-0.4, -0.2) is 92.5 Å². The fraction of sp³-hybridized carbons (Fsp3) is 0.478. The smallest absolute Gasteiger partial charge is 0.258 e. The molecule has 2 atom stereocenters. The number of piperidine rings is 1. The van der Waals surface area contributed by atoms with Crippen molar-refractivity contribution in [2.45, 2.75) is 37.6 Å². The Bertz CT molecular complexity index is 1540. The van der Waals surface area contributed by atoms with Crippen LogP contribution in [0, 0.1) is 5.82 Å². The van der Waals surface area contributed by atoms with Gasteiger partial charge in [-0.05, 0) is 24.1 Å². The number of fused-ring (bicyclic) bond motifs is 2. The predicted octanol–water partition coefficient (Wildman–Crippen LogP) is 2.78. The van der Waals surface area contributed by atoms with Crippen molar-refractivity contribution in [3.05, 3.63) is 30.2 Å². The third kappa shape index (κ3) is 4.33. The molecule has 0 aliphatic carbocycles. The number of aromatic nitrogens is 6. The van der Waals surface area contributed by atoms with Crippen molar-refractivity contribution in [1.29, 1.82) is 0 Å². The zero-order valence-electron chi connectivity index (χ0n) is 22.3. The highest BCUT2D eigenvalue weighted by Gasteiger charge is 2.36.